The van der Waals surface area contributed by atoms with E-state index in [4.69, 9.17) is 5.73 Å². The molecule has 0 aromatic heterocycles. The highest BCUT2D eigenvalue weighted by Gasteiger charge is 2.38. The zero-order valence-electron chi connectivity index (χ0n) is 16.1. The molecule has 4 atom stereocenters. The van der Waals surface area contributed by atoms with Gasteiger partial charge in [0.1, 0.15) is 18.1 Å². The van der Waals surface area contributed by atoms with E-state index in [1.807, 2.05) is 13.8 Å². The Hall–Kier alpha value is -1.46. The van der Waals surface area contributed by atoms with Crippen LogP contribution in [0.15, 0.2) is 0 Å². The van der Waals surface area contributed by atoms with Gasteiger partial charge in [-0.2, -0.15) is 25.3 Å². The largest absolute Gasteiger partial charge is 0.480 e. The summed E-state index contributed by atoms with van der Waals surface area (Å²) in [5.41, 5.74) is 5.65. The van der Waals surface area contributed by atoms with Gasteiger partial charge in [-0.25, -0.2) is 4.79 Å². The topological polar surface area (TPSA) is 142 Å². The van der Waals surface area contributed by atoms with Gasteiger partial charge in [-0.1, -0.05) is 13.8 Å². The van der Waals surface area contributed by atoms with E-state index in [-0.39, 0.29) is 17.4 Å². The zero-order chi connectivity index (χ0) is 21.4. The molecule has 0 saturated carbocycles. The van der Waals surface area contributed by atoms with E-state index in [1.165, 1.54) is 4.90 Å². The normalized spacial score (nSPS) is 19.8. The minimum atomic E-state index is -1.07. The number of aliphatic carboxylic acids is 1. The smallest absolute Gasteiger partial charge is 0.326 e. The van der Waals surface area contributed by atoms with Gasteiger partial charge in [0.05, 0.1) is 6.04 Å². The van der Waals surface area contributed by atoms with Crippen molar-refractivity contribution in [2.24, 2.45) is 11.7 Å². The number of carboxylic acids is 1. The molecule has 0 bridgehead atoms. The van der Waals surface area contributed by atoms with Crippen LogP contribution in [0.5, 0.6) is 0 Å². The number of carboxylic acid groups (broad SMARTS) is 1. The summed E-state index contributed by atoms with van der Waals surface area (Å²) in [6.07, 6.45) is 1.32. The van der Waals surface area contributed by atoms with Crippen LogP contribution in [0.1, 0.15) is 33.1 Å². The number of nitrogens with one attached hydrogen (secondary N) is 2. The summed E-state index contributed by atoms with van der Waals surface area (Å²) in [6.45, 7) is 4.11. The minimum absolute atomic E-state index is 0.00586. The first-order valence-electron chi connectivity index (χ1n) is 9.23. The van der Waals surface area contributed by atoms with Crippen molar-refractivity contribution in [3.05, 3.63) is 0 Å². The maximum atomic E-state index is 12.7. The summed E-state index contributed by atoms with van der Waals surface area (Å²) in [4.78, 5) is 50.1. The van der Waals surface area contributed by atoms with E-state index in [0.29, 0.717) is 25.8 Å². The number of carbonyl (C=O) groups excluding carboxylic acids is 3. The maximum absolute atomic E-state index is 12.7. The molecule has 1 fully saturated rings. The average molecular weight is 435 g/mol. The number of likely N-dealkylation sites (tertiary alicyclic amines) is 1. The number of nitrogens with zero attached hydrogens (tertiary/aromatic N) is 1. The highest BCUT2D eigenvalue weighted by Crippen LogP contribution is 2.19. The summed E-state index contributed by atoms with van der Waals surface area (Å²) >= 11 is 8.11. The quantitative estimate of drug-likeness (QED) is 0.250. The van der Waals surface area contributed by atoms with Crippen LogP contribution in [0.3, 0.4) is 0 Å². The highest BCUT2D eigenvalue weighted by molar-refractivity contribution is 7.80. The second kappa shape index (κ2) is 11.5. The standard InChI is InChI=1S/C17H30N4O5S2/c1-9(2)6-11(19-14(22)10(18)7-27)15(23)20-12(8-28)16(24)21-5-3-4-13(21)17(25)26/h9-13,27-28H,3-8,18H2,1-2H3,(H,19,22)(H,20,23)(H,25,26). The van der Waals surface area contributed by atoms with Gasteiger partial charge >= 0.3 is 5.97 Å². The first kappa shape index (κ1) is 24.6. The van der Waals surface area contributed by atoms with Crippen molar-refractivity contribution in [1.82, 2.24) is 15.5 Å². The molecule has 1 aliphatic heterocycles. The lowest BCUT2D eigenvalue weighted by atomic mass is 10.0. The van der Waals surface area contributed by atoms with E-state index < -0.39 is 47.9 Å². The van der Waals surface area contributed by atoms with Crippen LogP contribution in [-0.2, 0) is 19.2 Å². The van der Waals surface area contributed by atoms with Gasteiger partial charge < -0.3 is 26.4 Å². The lowest BCUT2D eigenvalue weighted by Crippen LogP contribution is -2.58. The van der Waals surface area contributed by atoms with Crippen molar-refractivity contribution in [2.75, 3.05) is 18.1 Å². The molecule has 160 valence electrons. The Balaban J connectivity index is 2.85. The summed E-state index contributed by atoms with van der Waals surface area (Å²) < 4.78 is 0. The van der Waals surface area contributed by atoms with Crippen LogP contribution in [0.2, 0.25) is 0 Å². The number of thiol groups is 2. The first-order valence-corrected chi connectivity index (χ1v) is 10.5. The molecule has 1 aliphatic rings. The SMILES string of the molecule is CC(C)CC(NC(=O)C(N)CS)C(=O)NC(CS)C(=O)N1CCCC1C(=O)O. The van der Waals surface area contributed by atoms with Gasteiger partial charge in [0.25, 0.3) is 0 Å². The third kappa shape index (κ3) is 6.85. The van der Waals surface area contributed by atoms with Gasteiger partial charge in [0.2, 0.25) is 17.7 Å². The molecule has 5 N–H and O–H groups in total. The number of hydrogen-bond donors (Lipinski definition) is 6. The van der Waals surface area contributed by atoms with Crippen molar-refractivity contribution in [1.29, 1.82) is 0 Å². The van der Waals surface area contributed by atoms with E-state index in [2.05, 4.69) is 35.9 Å². The lowest BCUT2D eigenvalue weighted by molar-refractivity contribution is -0.149. The third-order valence-electron chi connectivity index (χ3n) is 4.49. The molecule has 3 amide bonds. The zero-order valence-corrected chi connectivity index (χ0v) is 17.9. The third-order valence-corrected chi connectivity index (χ3v) is 5.25. The number of hydrogen-bond acceptors (Lipinski definition) is 7. The van der Waals surface area contributed by atoms with Crippen LogP contribution >= 0.6 is 25.3 Å². The summed E-state index contributed by atoms with van der Waals surface area (Å²) in [5.74, 6) is -2.36. The van der Waals surface area contributed by atoms with Crippen molar-refractivity contribution in [2.45, 2.75) is 57.3 Å². The predicted octanol–water partition coefficient (Wildman–Crippen LogP) is -0.735. The van der Waals surface area contributed by atoms with E-state index >= 15 is 0 Å². The molecule has 1 rings (SSSR count). The number of rotatable bonds is 10. The molecule has 0 spiro atoms. The maximum Gasteiger partial charge on any atom is 0.326 e. The van der Waals surface area contributed by atoms with Crippen LogP contribution in [0, 0.1) is 5.92 Å². The van der Waals surface area contributed by atoms with E-state index in [9.17, 15) is 24.3 Å². The Bertz CT molecular complexity index is 590. The molecule has 0 aromatic rings. The number of nitrogens with two attached hydrogens (primary N) is 1. The van der Waals surface area contributed by atoms with E-state index in [0.717, 1.165) is 0 Å². The van der Waals surface area contributed by atoms with Crippen LogP contribution in [0.4, 0.5) is 0 Å². The van der Waals surface area contributed by atoms with Gasteiger partial charge in [-0.3, -0.25) is 14.4 Å². The Kier molecular flexibility index (Phi) is 10.1. The second-order valence-corrected chi connectivity index (χ2v) is 7.98. The Morgan fingerprint density at radius 2 is 1.71 bits per heavy atom. The molecule has 11 heteroatoms. The fraction of sp³-hybridized carbons (Fsp3) is 0.765. The molecule has 4 unspecified atom stereocenters. The highest BCUT2D eigenvalue weighted by atomic mass is 32.1. The Morgan fingerprint density at radius 1 is 1.11 bits per heavy atom. The van der Waals surface area contributed by atoms with Crippen molar-refractivity contribution >= 4 is 48.9 Å². The Labute approximate surface area is 176 Å². The van der Waals surface area contributed by atoms with Crippen LogP contribution in [0.25, 0.3) is 0 Å². The van der Waals surface area contributed by atoms with Gasteiger partial charge in [-0.15, -0.1) is 0 Å². The van der Waals surface area contributed by atoms with Gasteiger partial charge in [0, 0.05) is 18.1 Å². The van der Waals surface area contributed by atoms with E-state index in [1.54, 1.807) is 0 Å². The molecular weight excluding hydrogens is 404 g/mol. The molecule has 28 heavy (non-hydrogen) atoms. The fourth-order valence-electron chi connectivity index (χ4n) is 3.01. The molecule has 1 heterocycles. The predicted molar refractivity (Wildman–Crippen MR) is 111 cm³/mol. The van der Waals surface area contributed by atoms with Crippen molar-refractivity contribution in [3.8, 4) is 0 Å². The molecule has 0 radical (unpaired) electrons. The second-order valence-electron chi connectivity index (χ2n) is 7.25. The summed E-state index contributed by atoms with van der Waals surface area (Å²) in [5, 5.41) is 14.5. The van der Waals surface area contributed by atoms with Crippen LogP contribution in [-0.4, -0.2) is 75.9 Å². The summed E-state index contributed by atoms with van der Waals surface area (Å²) in [7, 11) is 0. The molecule has 0 aliphatic carbocycles. The average Bonchev–Trinajstić information content (AvgIpc) is 3.13. The number of carbonyl (C=O) groups is 4. The first-order chi connectivity index (χ1) is 13.1. The van der Waals surface area contributed by atoms with Gasteiger partial charge in [-0.05, 0) is 25.2 Å². The molecule has 0 aromatic carbocycles. The minimum Gasteiger partial charge on any atom is -0.480 e. The summed E-state index contributed by atoms with van der Waals surface area (Å²) in [6, 6.07) is -3.61. The van der Waals surface area contributed by atoms with Crippen molar-refractivity contribution < 1.29 is 24.3 Å². The molecule has 1 saturated heterocycles. The number of amides is 3. The monoisotopic (exact) mass is 434 g/mol. The molecular formula is C17H30N4O5S2. The Morgan fingerprint density at radius 3 is 2.21 bits per heavy atom. The van der Waals surface area contributed by atoms with Gasteiger partial charge in [0.15, 0.2) is 0 Å². The lowest BCUT2D eigenvalue weighted by Gasteiger charge is -2.28. The van der Waals surface area contributed by atoms with Crippen LogP contribution < -0.4 is 16.4 Å². The molecule has 9 nitrogen and oxygen atoms in total. The fourth-order valence-corrected chi connectivity index (χ4v) is 3.42. The van der Waals surface area contributed by atoms with Crippen molar-refractivity contribution in [3.63, 3.8) is 0 Å².